The summed E-state index contributed by atoms with van der Waals surface area (Å²) in [5.41, 5.74) is 1.05. The highest BCUT2D eigenvalue weighted by molar-refractivity contribution is 7.85. The number of amides is 1. The van der Waals surface area contributed by atoms with Crippen LogP contribution in [0.1, 0.15) is 18.1 Å². The van der Waals surface area contributed by atoms with E-state index in [1.165, 1.54) is 6.92 Å². The zero-order chi connectivity index (χ0) is 14.0. The largest absolute Gasteiger partial charge is 0.412 e. The second-order valence-electron chi connectivity index (χ2n) is 3.95. The molecule has 98 valence electrons. The van der Waals surface area contributed by atoms with E-state index in [-0.39, 0.29) is 12.3 Å². The van der Waals surface area contributed by atoms with Crippen molar-refractivity contribution < 1.29 is 17.4 Å². The van der Waals surface area contributed by atoms with Crippen molar-refractivity contribution in [2.45, 2.75) is 13.5 Å². The lowest BCUT2D eigenvalue weighted by atomic mass is 10.1. The van der Waals surface area contributed by atoms with Crippen molar-refractivity contribution in [3.63, 3.8) is 0 Å². The smallest absolute Gasteiger partial charge is 0.371 e. The summed E-state index contributed by atoms with van der Waals surface area (Å²) in [7, 11) is -4.09. The van der Waals surface area contributed by atoms with Crippen molar-refractivity contribution in [1.82, 2.24) is 4.31 Å². The molecule has 1 heterocycles. The third-order valence-electron chi connectivity index (χ3n) is 2.49. The third kappa shape index (κ3) is 2.74. The normalized spacial score (nSPS) is 17.4. The molecular formula is C12H10N2O4S. The molecule has 0 saturated heterocycles. The molecule has 0 fully saturated rings. The minimum atomic E-state index is -4.09. The SMILES string of the molecule is CC1=CC(=O)N(Cc2ccc(C#N)cc2)S(=O)(=O)O1. The highest BCUT2D eigenvalue weighted by atomic mass is 32.2. The Morgan fingerprint density at radius 3 is 2.47 bits per heavy atom. The summed E-state index contributed by atoms with van der Waals surface area (Å²) >= 11 is 0. The number of allylic oxidation sites excluding steroid dienone is 1. The van der Waals surface area contributed by atoms with Gasteiger partial charge in [0.2, 0.25) is 0 Å². The molecule has 0 spiro atoms. The predicted octanol–water partition coefficient (Wildman–Crippen LogP) is 1.07. The van der Waals surface area contributed by atoms with E-state index in [4.69, 9.17) is 5.26 Å². The fourth-order valence-electron chi connectivity index (χ4n) is 1.60. The summed E-state index contributed by atoms with van der Waals surface area (Å²) in [5, 5.41) is 8.67. The maximum Gasteiger partial charge on any atom is 0.412 e. The quantitative estimate of drug-likeness (QED) is 0.807. The van der Waals surface area contributed by atoms with Crippen LogP contribution in [0.5, 0.6) is 0 Å². The lowest BCUT2D eigenvalue weighted by Crippen LogP contribution is -2.39. The van der Waals surface area contributed by atoms with Gasteiger partial charge in [0, 0.05) is 6.08 Å². The van der Waals surface area contributed by atoms with Crippen molar-refractivity contribution in [3.8, 4) is 6.07 Å². The first-order valence-electron chi connectivity index (χ1n) is 5.36. The summed E-state index contributed by atoms with van der Waals surface area (Å²) in [6.07, 6.45) is 1.12. The van der Waals surface area contributed by atoms with Gasteiger partial charge in [-0.25, -0.2) is 0 Å². The molecule has 6 nitrogen and oxygen atoms in total. The fraction of sp³-hybridized carbons (Fsp3) is 0.167. The first kappa shape index (κ1) is 13.1. The minimum Gasteiger partial charge on any atom is -0.371 e. The number of carbonyl (C=O) groups excluding carboxylic acids is 1. The van der Waals surface area contributed by atoms with E-state index in [0.29, 0.717) is 15.4 Å². The van der Waals surface area contributed by atoms with Gasteiger partial charge in [0.1, 0.15) is 5.76 Å². The highest BCUT2D eigenvalue weighted by Crippen LogP contribution is 2.19. The second-order valence-corrected chi connectivity index (χ2v) is 5.41. The molecule has 0 unspecified atom stereocenters. The van der Waals surface area contributed by atoms with E-state index in [2.05, 4.69) is 4.18 Å². The number of hydrogen-bond donors (Lipinski definition) is 0. The summed E-state index contributed by atoms with van der Waals surface area (Å²) in [5.74, 6) is -0.603. The van der Waals surface area contributed by atoms with E-state index in [9.17, 15) is 13.2 Å². The van der Waals surface area contributed by atoms with Crippen LogP contribution in [0.2, 0.25) is 0 Å². The maximum absolute atomic E-state index is 11.7. The number of nitriles is 1. The van der Waals surface area contributed by atoms with E-state index in [1.54, 1.807) is 24.3 Å². The topological polar surface area (TPSA) is 87.5 Å². The molecule has 0 aromatic heterocycles. The van der Waals surface area contributed by atoms with E-state index >= 15 is 0 Å². The summed E-state index contributed by atoms with van der Waals surface area (Å²) in [6.45, 7) is 1.27. The summed E-state index contributed by atoms with van der Waals surface area (Å²) in [4.78, 5) is 11.7. The van der Waals surface area contributed by atoms with Gasteiger partial charge in [-0.15, -0.1) is 0 Å². The molecular weight excluding hydrogens is 268 g/mol. The Morgan fingerprint density at radius 2 is 1.95 bits per heavy atom. The molecule has 0 saturated carbocycles. The van der Waals surface area contributed by atoms with Crippen LogP contribution in [-0.2, 0) is 25.8 Å². The molecule has 0 aliphatic carbocycles. The average molecular weight is 278 g/mol. The zero-order valence-corrected chi connectivity index (χ0v) is 10.8. The van der Waals surface area contributed by atoms with Gasteiger partial charge >= 0.3 is 10.3 Å². The number of benzene rings is 1. The van der Waals surface area contributed by atoms with E-state index < -0.39 is 16.2 Å². The van der Waals surface area contributed by atoms with Crippen molar-refractivity contribution in [2.24, 2.45) is 0 Å². The van der Waals surface area contributed by atoms with Crippen LogP contribution in [0.3, 0.4) is 0 Å². The Labute approximate surface area is 110 Å². The lowest BCUT2D eigenvalue weighted by Gasteiger charge is -2.24. The van der Waals surface area contributed by atoms with Gasteiger partial charge in [0.05, 0.1) is 18.2 Å². The van der Waals surface area contributed by atoms with Gasteiger partial charge in [-0.2, -0.15) is 18.0 Å². The summed E-state index contributed by atoms with van der Waals surface area (Å²) < 4.78 is 28.7. The van der Waals surface area contributed by atoms with Gasteiger partial charge < -0.3 is 4.18 Å². The Kier molecular flexibility index (Phi) is 3.27. The van der Waals surface area contributed by atoms with Gasteiger partial charge in [-0.3, -0.25) is 4.79 Å². The van der Waals surface area contributed by atoms with Crippen molar-refractivity contribution in [2.75, 3.05) is 0 Å². The molecule has 0 N–H and O–H groups in total. The second kappa shape index (κ2) is 4.74. The highest BCUT2D eigenvalue weighted by Gasteiger charge is 2.32. The number of hydrogen-bond acceptors (Lipinski definition) is 5. The van der Waals surface area contributed by atoms with E-state index in [1.807, 2.05) is 6.07 Å². The van der Waals surface area contributed by atoms with Crippen molar-refractivity contribution in [3.05, 3.63) is 47.2 Å². The van der Waals surface area contributed by atoms with Gasteiger partial charge in [-0.1, -0.05) is 12.1 Å². The van der Waals surface area contributed by atoms with Crippen molar-refractivity contribution in [1.29, 1.82) is 5.26 Å². The molecule has 0 bridgehead atoms. The molecule has 0 atom stereocenters. The van der Waals surface area contributed by atoms with Crippen LogP contribution < -0.4 is 0 Å². The lowest BCUT2D eigenvalue weighted by molar-refractivity contribution is -0.123. The standard InChI is InChI=1S/C12H10N2O4S/c1-9-6-12(15)14(19(16,17)18-9)8-11-4-2-10(7-13)3-5-11/h2-6H,8H2,1H3. The Bertz CT molecular complexity index is 683. The van der Waals surface area contributed by atoms with Crippen LogP contribution in [0, 0.1) is 11.3 Å². The van der Waals surface area contributed by atoms with Crippen LogP contribution in [0.4, 0.5) is 0 Å². The number of carbonyl (C=O) groups is 1. The molecule has 1 aromatic carbocycles. The monoisotopic (exact) mass is 278 g/mol. The fourth-order valence-corrected chi connectivity index (χ4v) is 2.65. The third-order valence-corrected chi connectivity index (χ3v) is 3.81. The van der Waals surface area contributed by atoms with Crippen LogP contribution >= 0.6 is 0 Å². The van der Waals surface area contributed by atoms with Gasteiger partial charge in [-0.05, 0) is 24.6 Å². The average Bonchev–Trinajstić information content (AvgIpc) is 2.34. The number of rotatable bonds is 2. The predicted molar refractivity (Wildman–Crippen MR) is 65.5 cm³/mol. The Balaban J connectivity index is 2.27. The molecule has 0 radical (unpaired) electrons. The summed E-state index contributed by atoms with van der Waals surface area (Å²) in [6, 6.07) is 8.24. The molecule has 1 aliphatic heterocycles. The zero-order valence-electron chi connectivity index (χ0n) is 10.0. The van der Waals surface area contributed by atoms with Crippen LogP contribution in [0.15, 0.2) is 36.1 Å². The Morgan fingerprint density at radius 1 is 1.32 bits per heavy atom. The molecule has 1 aliphatic rings. The molecule has 2 rings (SSSR count). The maximum atomic E-state index is 11.7. The first-order valence-corrected chi connectivity index (χ1v) is 6.72. The molecule has 19 heavy (non-hydrogen) atoms. The molecule has 1 aromatic rings. The number of nitrogens with zero attached hydrogens (tertiary/aromatic N) is 2. The van der Waals surface area contributed by atoms with E-state index in [0.717, 1.165) is 6.08 Å². The molecule has 7 heteroatoms. The van der Waals surface area contributed by atoms with Crippen LogP contribution in [0.25, 0.3) is 0 Å². The van der Waals surface area contributed by atoms with Gasteiger partial charge in [0.25, 0.3) is 5.91 Å². The van der Waals surface area contributed by atoms with Gasteiger partial charge in [0.15, 0.2) is 0 Å². The first-order chi connectivity index (χ1) is 8.92. The van der Waals surface area contributed by atoms with Crippen LogP contribution in [-0.4, -0.2) is 18.6 Å². The minimum absolute atomic E-state index is 0.0427. The molecule has 1 amide bonds. The van der Waals surface area contributed by atoms with Crippen molar-refractivity contribution >= 4 is 16.2 Å². The Hall–Kier alpha value is -2.33.